The van der Waals surface area contributed by atoms with E-state index >= 15 is 0 Å². The maximum Gasteiger partial charge on any atom is 0.243 e. The summed E-state index contributed by atoms with van der Waals surface area (Å²) in [6.45, 7) is 0.761. The Balaban J connectivity index is 1.75. The lowest BCUT2D eigenvalue weighted by Gasteiger charge is -2.37. The molecule has 102 valence electrons. The van der Waals surface area contributed by atoms with Crippen LogP contribution in [0.3, 0.4) is 0 Å². The van der Waals surface area contributed by atoms with E-state index in [0.717, 1.165) is 0 Å². The van der Waals surface area contributed by atoms with Gasteiger partial charge in [0.1, 0.15) is 0 Å². The van der Waals surface area contributed by atoms with E-state index in [0.29, 0.717) is 18.7 Å². The summed E-state index contributed by atoms with van der Waals surface area (Å²) in [4.78, 5) is 0.202. The lowest BCUT2D eigenvalue weighted by atomic mass is 10.2. The van der Waals surface area contributed by atoms with Gasteiger partial charge in [-0.25, -0.2) is 13.1 Å². The van der Waals surface area contributed by atoms with Gasteiger partial charge in [-0.05, 0) is 24.3 Å². The SMILES string of the molecule is N#Cc1ccc(S(=O)(=O)N2CC(n3ccnn3)C2)cc1. The molecule has 8 heteroatoms. The van der Waals surface area contributed by atoms with Crippen LogP contribution < -0.4 is 0 Å². The number of benzene rings is 1. The molecule has 0 atom stereocenters. The smallest absolute Gasteiger partial charge is 0.243 e. The van der Waals surface area contributed by atoms with Gasteiger partial charge in [-0.1, -0.05) is 5.21 Å². The quantitative estimate of drug-likeness (QED) is 0.815. The van der Waals surface area contributed by atoms with Crippen molar-refractivity contribution in [2.45, 2.75) is 10.9 Å². The maximum atomic E-state index is 12.3. The van der Waals surface area contributed by atoms with Crippen molar-refractivity contribution in [1.82, 2.24) is 19.3 Å². The van der Waals surface area contributed by atoms with E-state index in [2.05, 4.69) is 10.3 Å². The van der Waals surface area contributed by atoms with Crippen molar-refractivity contribution in [3.8, 4) is 6.07 Å². The molecule has 0 N–H and O–H groups in total. The minimum atomic E-state index is -3.49. The Morgan fingerprint density at radius 2 is 1.95 bits per heavy atom. The van der Waals surface area contributed by atoms with Crippen LogP contribution >= 0.6 is 0 Å². The summed E-state index contributed by atoms with van der Waals surface area (Å²) < 4.78 is 27.7. The molecule has 0 aliphatic carbocycles. The zero-order valence-electron chi connectivity index (χ0n) is 10.4. The predicted octanol–water partition coefficient (Wildman–Crippen LogP) is 0.395. The van der Waals surface area contributed by atoms with Gasteiger partial charge in [0.15, 0.2) is 0 Å². The third-order valence-corrected chi connectivity index (χ3v) is 5.11. The highest BCUT2D eigenvalue weighted by atomic mass is 32.2. The monoisotopic (exact) mass is 289 g/mol. The second kappa shape index (κ2) is 4.70. The van der Waals surface area contributed by atoms with E-state index in [1.54, 1.807) is 17.1 Å². The van der Waals surface area contributed by atoms with Gasteiger partial charge in [0.2, 0.25) is 10.0 Å². The summed E-state index contributed by atoms with van der Waals surface area (Å²) in [6.07, 6.45) is 3.29. The molecule has 7 nitrogen and oxygen atoms in total. The van der Waals surface area contributed by atoms with Crippen LogP contribution in [0, 0.1) is 11.3 Å². The number of sulfonamides is 1. The molecule has 1 aliphatic rings. The van der Waals surface area contributed by atoms with Crippen molar-refractivity contribution < 1.29 is 8.42 Å². The van der Waals surface area contributed by atoms with Gasteiger partial charge in [0, 0.05) is 19.3 Å². The van der Waals surface area contributed by atoms with Gasteiger partial charge >= 0.3 is 0 Å². The minimum Gasteiger partial charge on any atom is -0.247 e. The molecule has 20 heavy (non-hydrogen) atoms. The molecule has 1 aromatic heterocycles. The first kappa shape index (κ1) is 12.8. The Hall–Kier alpha value is -2.24. The lowest BCUT2D eigenvalue weighted by molar-refractivity contribution is 0.189. The zero-order chi connectivity index (χ0) is 14.2. The fourth-order valence-electron chi connectivity index (χ4n) is 2.04. The molecule has 0 bridgehead atoms. The number of hydrogen-bond donors (Lipinski definition) is 0. The standard InChI is InChI=1S/C12H11N5O2S/c13-7-10-1-3-12(4-2-10)20(18,19)16-8-11(9-16)17-6-5-14-15-17/h1-6,11H,8-9H2. The van der Waals surface area contributed by atoms with E-state index in [4.69, 9.17) is 5.26 Å². The van der Waals surface area contributed by atoms with Crippen LogP contribution in [0.25, 0.3) is 0 Å². The predicted molar refractivity (Wildman–Crippen MR) is 69.0 cm³/mol. The summed E-state index contributed by atoms with van der Waals surface area (Å²) in [5.74, 6) is 0. The number of hydrogen-bond acceptors (Lipinski definition) is 5. The van der Waals surface area contributed by atoms with Gasteiger partial charge < -0.3 is 0 Å². The Labute approximate surface area is 116 Å². The summed E-state index contributed by atoms with van der Waals surface area (Å²) in [7, 11) is -3.49. The van der Waals surface area contributed by atoms with E-state index < -0.39 is 10.0 Å². The molecule has 2 aromatic rings. The summed E-state index contributed by atoms with van der Waals surface area (Å²) in [5.41, 5.74) is 0.438. The molecule has 0 radical (unpaired) electrons. The molecule has 2 heterocycles. The maximum absolute atomic E-state index is 12.3. The van der Waals surface area contributed by atoms with Gasteiger partial charge in [-0.2, -0.15) is 9.57 Å². The Morgan fingerprint density at radius 1 is 1.25 bits per heavy atom. The van der Waals surface area contributed by atoms with Crippen LogP contribution in [0.4, 0.5) is 0 Å². The lowest BCUT2D eigenvalue weighted by Crippen LogP contribution is -2.50. The van der Waals surface area contributed by atoms with Crippen LogP contribution in [0.5, 0.6) is 0 Å². The van der Waals surface area contributed by atoms with Crippen molar-refractivity contribution in [2.24, 2.45) is 0 Å². The first-order valence-corrected chi connectivity index (χ1v) is 7.41. The molecular weight excluding hydrogens is 278 g/mol. The van der Waals surface area contributed by atoms with E-state index in [9.17, 15) is 8.42 Å². The second-order valence-electron chi connectivity index (χ2n) is 4.50. The molecule has 0 amide bonds. The van der Waals surface area contributed by atoms with E-state index in [1.165, 1.54) is 28.6 Å². The molecular formula is C12H11N5O2S. The average Bonchev–Trinajstić information content (AvgIpc) is 2.90. The number of aromatic nitrogens is 3. The molecule has 1 aliphatic heterocycles. The molecule has 3 rings (SSSR count). The topological polar surface area (TPSA) is 91.9 Å². The Morgan fingerprint density at radius 3 is 2.50 bits per heavy atom. The zero-order valence-corrected chi connectivity index (χ0v) is 11.2. The van der Waals surface area contributed by atoms with Gasteiger partial charge in [-0.3, -0.25) is 0 Å². The largest absolute Gasteiger partial charge is 0.247 e. The second-order valence-corrected chi connectivity index (χ2v) is 6.43. The van der Waals surface area contributed by atoms with E-state index in [1.807, 2.05) is 6.07 Å². The number of rotatable bonds is 3. The average molecular weight is 289 g/mol. The molecule has 0 saturated carbocycles. The fourth-order valence-corrected chi connectivity index (χ4v) is 3.56. The van der Waals surface area contributed by atoms with E-state index in [-0.39, 0.29) is 10.9 Å². The van der Waals surface area contributed by atoms with Crippen molar-refractivity contribution in [2.75, 3.05) is 13.1 Å². The number of nitrogens with zero attached hydrogens (tertiary/aromatic N) is 5. The summed E-state index contributed by atoms with van der Waals surface area (Å²) >= 11 is 0. The van der Waals surface area contributed by atoms with Crippen LogP contribution in [-0.2, 0) is 10.0 Å². The Bertz CT molecular complexity index is 740. The molecule has 1 saturated heterocycles. The molecule has 0 unspecified atom stereocenters. The first-order chi connectivity index (χ1) is 9.61. The van der Waals surface area contributed by atoms with Crippen molar-refractivity contribution >= 4 is 10.0 Å². The highest BCUT2D eigenvalue weighted by Gasteiger charge is 2.38. The number of nitriles is 1. The van der Waals surface area contributed by atoms with Crippen molar-refractivity contribution in [3.63, 3.8) is 0 Å². The summed E-state index contributed by atoms with van der Waals surface area (Å²) in [5, 5.41) is 16.3. The minimum absolute atomic E-state index is 0.0330. The van der Waals surface area contributed by atoms with Crippen LogP contribution in [-0.4, -0.2) is 40.8 Å². The van der Waals surface area contributed by atoms with Gasteiger partial charge in [0.05, 0.1) is 28.8 Å². The van der Waals surface area contributed by atoms with Gasteiger partial charge in [-0.15, -0.1) is 5.10 Å². The molecule has 0 spiro atoms. The third kappa shape index (κ3) is 2.07. The van der Waals surface area contributed by atoms with Crippen LogP contribution in [0.2, 0.25) is 0 Å². The van der Waals surface area contributed by atoms with Crippen LogP contribution in [0.15, 0.2) is 41.6 Å². The van der Waals surface area contributed by atoms with Crippen LogP contribution in [0.1, 0.15) is 11.6 Å². The third-order valence-electron chi connectivity index (χ3n) is 3.27. The highest BCUT2D eigenvalue weighted by molar-refractivity contribution is 7.89. The van der Waals surface area contributed by atoms with Crippen molar-refractivity contribution in [1.29, 1.82) is 5.26 Å². The molecule has 1 aromatic carbocycles. The van der Waals surface area contributed by atoms with Gasteiger partial charge in [0.25, 0.3) is 0 Å². The normalized spacial score (nSPS) is 16.6. The van der Waals surface area contributed by atoms with Crippen molar-refractivity contribution in [3.05, 3.63) is 42.2 Å². The highest BCUT2D eigenvalue weighted by Crippen LogP contribution is 2.27. The molecule has 1 fully saturated rings. The summed E-state index contributed by atoms with van der Waals surface area (Å²) in [6, 6.07) is 7.91. The Kier molecular flexibility index (Phi) is 3.00. The fraction of sp³-hybridized carbons (Fsp3) is 0.250. The first-order valence-electron chi connectivity index (χ1n) is 5.97.